The van der Waals surface area contributed by atoms with Gasteiger partial charge in [0.25, 0.3) is 0 Å². The van der Waals surface area contributed by atoms with Gasteiger partial charge in [-0.3, -0.25) is 4.98 Å². The standard InChI is InChI=1S/C16H29N3O2/c1-4-7-18-15-12-16(14-17-13-15)19(8-10-20-5-2)9-11-21-6-3/h12-14,18H,4-11H2,1-3H3. The van der Waals surface area contributed by atoms with E-state index in [4.69, 9.17) is 9.47 Å². The quantitative estimate of drug-likeness (QED) is 0.601. The molecule has 21 heavy (non-hydrogen) atoms. The molecule has 0 fully saturated rings. The molecule has 0 unspecified atom stereocenters. The van der Waals surface area contributed by atoms with Crippen LogP contribution in [-0.4, -0.2) is 51.0 Å². The van der Waals surface area contributed by atoms with E-state index in [0.29, 0.717) is 0 Å². The van der Waals surface area contributed by atoms with Gasteiger partial charge in [-0.25, -0.2) is 0 Å². The van der Waals surface area contributed by atoms with Crippen LogP contribution >= 0.6 is 0 Å². The largest absolute Gasteiger partial charge is 0.384 e. The van der Waals surface area contributed by atoms with Crippen molar-refractivity contribution in [1.29, 1.82) is 0 Å². The molecule has 1 N–H and O–H groups in total. The van der Waals surface area contributed by atoms with Crippen LogP contribution in [0, 0.1) is 0 Å². The molecule has 1 rings (SSSR count). The lowest BCUT2D eigenvalue weighted by Gasteiger charge is -2.24. The van der Waals surface area contributed by atoms with Crippen LogP contribution < -0.4 is 10.2 Å². The Morgan fingerprint density at radius 2 is 1.71 bits per heavy atom. The number of hydrogen-bond acceptors (Lipinski definition) is 5. The zero-order valence-corrected chi connectivity index (χ0v) is 13.6. The lowest BCUT2D eigenvalue weighted by atomic mass is 10.3. The van der Waals surface area contributed by atoms with Crippen LogP contribution in [0.25, 0.3) is 0 Å². The van der Waals surface area contributed by atoms with Crippen LogP contribution in [0.2, 0.25) is 0 Å². The zero-order valence-electron chi connectivity index (χ0n) is 13.6. The molecule has 0 aliphatic heterocycles. The molecule has 0 aliphatic carbocycles. The van der Waals surface area contributed by atoms with Gasteiger partial charge in [0.15, 0.2) is 0 Å². The van der Waals surface area contributed by atoms with Gasteiger partial charge in [0.1, 0.15) is 0 Å². The summed E-state index contributed by atoms with van der Waals surface area (Å²) < 4.78 is 10.9. The summed E-state index contributed by atoms with van der Waals surface area (Å²) in [7, 11) is 0. The van der Waals surface area contributed by atoms with Crippen molar-refractivity contribution < 1.29 is 9.47 Å². The van der Waals surface area contributed by atoms with Crippen LogP contribution in [0.5, 0.6) is 0 Å². The molecule has 0 aromatic carbocycles. The molecule has 0 saturated carbocycles. The molecule has 0 spiro atoms. The lowest BCUT2D eigenvalue weighted by molar-refractivity contribution is 0.141. The third-order valence-corrected chi connectivity index (χ3v) is 3.09. The number of aromatic nitrogens is 1. The number of nitrogens with zero attached hydrogens (tertiary/aromatic N) is 2. The van der Waals surface area contributed by atoms with Gasteiger partial charge in [-0.2, -0.15) is 0 Å². The third kappa shape index (κ3) is 7.29. The molecule has 0 bridgehead atoms. The molecule has 0 aliphatic rings. The van der Waals surface area contributed by atoms with E-state index >= 15 is 0 Å². The fourth-order valence-corrected chi connectivity index (χ4v) is 1.97. The van der Waals surface area contributed by atoms with Crippen molar-refractivity contribution >= 4 is 11.4 Å². The van der Waals surface area contributed by atoms with E-state index in [1.54, 1.807) is 0 Å². The van der Waals surface area contributed by atoms with Crippen molar-refractivity contribution in [3.63, 3.8) is 0 Å². The Labute approximate surface area is 128 Å². The number of rotatable bonds is 12. The normalized spacial score (nSPS) is 10.6. The van der Waals surface area contributed by atoms with Crippen molar-refractivity contribution in [2.45, 2.75) is 27.2 Å². The fourth-order valence-electron chi connectivity index (χ4n) is 1.97. The van der Waals surface area contributed by atoms with Crippen LogP contribution in [-0.2, 0) is 9.47 Å². The van der Waals surface area contributed by atoms with Gasteiger partial charge >= 0.3 is 0 Å². The average Bonchev–Trinajstić information content (AvgIpc) is 2.52. The monoisotopic (exact) mass is 295 g/mol. The second-order valence-corrected chi connectivity index (χ2v) is 4.74. The van der Waals surface area contributed by atoms with E-state index < -0.39 is 0 Å². The molecule has 5 heteroatoms. The van der Waals surface area contributed by atoms with E-state index in [2.05, 4.69) is 28.2 Å². The van der Waals surface area contributed by atoms with Gasteiger partial charge in [-0.1, -0.05) is 6.92 Å². The minimum Gasteiger partial charge on any atom is -0.384 e. The van der Waals surface area contributed by atoms with Crippen molar-refractivity contribution in [2.24, 2.45) is 0 Å². The Kier molecular flexibility index (Phi) is 9.57. The number of pyridine rings is 1. The number of hydrogen-bond donors (Lipinski definition) is 1. The summed E-state index contributed by atoms with van der Waals surface area (Å²) in [6.45, 7) is 11.8. The molecule has 0 amide bonds. The van der Waals surface area contributed by atoms with Gasteiger partial charge < -0.3 is 19.7 Å². The SMILES string of the molecule is CCCNc1cncc(N(CCOCC)CCOCC)c1. The summed E-state index contributed by atoms with van der Waals surface area (Å²) in [5.74, 6) is 0. The maximum absolute atomic E-state index is 5.47. The summed E-state index contributed by atoms with van der Waals surface area (Å²) in [5, 5.41) is 3.37. The van der Waals surface area contributed by atoms with Gasteiger partial charge in [0.05, 0.1) is 37.0 Å². The molecule has 1 aromatic heterocycles. The van der Waals surface area contributed by atoms with Crippen LogP contribution in [0.15, 0.2) is 18.5 Å². The van der Waals surface area contributed by atoms with E-state index in [1.165, 1.54) is 0 Å². The predicted octanol–water partition coefficient (Wildman–Crippen LogP) is 2.78. The molecule has 1 aromatic rings. The molecule has 0 radical (unpaired) electrons. The maximum atomic E-state index is 5.47. The molecule has 120 valence electrons. The first-order valence-electron chi connectivity index (χ1n) is 7.91. The van der Waals surface area contributed by atoms with Gasteiger partial charge in [-0.05, 0) is 26.3 Å². The van der Waals surface area contributed by atoms with Crippen molar-refractivity contribution in [3.05, 3.63) is 18.5 Å². The highest BCUT2D eigenvalue weighted by molar-refractivity contribution is 5.55. The topological polar surface area (TPSA) is 46.6 Å². The van der Waals surface area contributed by atoms with E-state index in [1.807, 2.05) is 26.2 Å². The highest BCUT2D eigenvalue weighted by Crippen LogP contribution is 2.17. The minimum absolute atomic E-state index is 0.718. The van der Waals surface area contributed by atoms with Crippen LogP contribution in [0.4, 0.5) is 11.4 Å². The summed E-state index contributed by atoms with van der Waals surface area (Å²) in [5.41, 5.74) is 2.17. The van der Waals surface area contributed by atoms with Crippen molar-refractivity contribution in [3.8, 4) is 0 Å². The van der Waals surface area contributed by atoms with Crippen molar-refractivity contribution in [2.75, 3.05) is 56.3 Å². The summed E-state index contributed by atoms with van der Waals surface area (Å²) in [6, 6.07) is 2.14. The second-order valence-electron chi connectivity index (χ2n) is 4.74. The Morgan fingerprint density at radius 1 is 1.05 bits per heavy atom. The molecular formula is C16H29N3O2. The summed E-state index contributed by atoms with van der Waals surface area (Å²) in [4.78, 5) is 6.59. The smallest absolute Gasteiger partial charge is 0.0641 e. The number of nitrogens with one attached hydrogen (secondary N) is 1. The molecular weight excluding hydrogens is 266 g/mol. The summed E-state index contributed by atoms with van der Waals surface area (Å²) >= 11 is 0. The summed E-state index contributed by atoms with van der Waals surface area (Å²) in [6.07, 6.45) is 4.86. The predicted molar refractivity (Wildman–Crippen MR) is 88.2 cm³/mol. The fraction of sp³-hybridized carbons (Fsp3) is 0.688. The average molecular weight is 295 g/mol. The number of ether oxygens (including phenoxy) is 2. The molecule has 5 nitrogen and oxygen atoms in total. The van der Waals surface area contributed by atoms with Gasteiger partial charge in [-0.15, -0.1) is 0 Å². The third-order valence-electron chi connectivity index (χ3n) is 3.09. The Morgan fingerprint density at radius 3 is 2.29 bits per heavy atom. The zero-order chi connectivity index (χ0) is 15.3. The van der Waals surface area contributed by atoms with E-state index in [-0.39, 0.29) is 0 Å². The van der Waals surface area contributed by atoms with Crippen LogP contribution in [0.3, 0.4) is 0 Å². The molecule has 1 heterocycles. The Hall–Kier alpha value is -1.33. The highest BCUT2D eigenvalue weighted by Gasteiger charge is 2.08. The Balaban J connectivity index is 2.65. The van der Waals surface area contributed by atoms with E-state index in [0.717, 1.165) is 63.9 Å². The minimum atomic E-state index is 0.718. The first-order chi connectivity index (χ1) is 10.3. The molecule has 0 saturated heterocycles. The highest BCUT2D eigenvalue weighted by atomic mass is 16.5. The van der Waals surface area contributed by atoms with Crippen molar-refractivity contribution in [1.82, 2.24) is 4.98 Å². The van der Waals surface area contributed by atoms with Gasteiger partial charge in [0.2, 0.25) is 0 Å². The lowest BCUT2D eigenvalue weighted by Crippen LogP contribution is -2.31. The first-order valence-corrected chi connectivity index (χ1v) is 7.91. The molecule has 0 atom stereocenters. The van der Waals surface area contributed by atoms with E-state index in [9.17, 15) is 0 Å². The Bertz CT molecular complexity index is 364. The second kappa shape index (κ2) is 11.3. The number of anilines is 2. The first kappa shape index (κ1) is 17.7. The van der Waals surface area contributed by atoms with Gasteiger partial charge in [0, 0.05) is 32.8 Å². The maximum Gasteiger partial charge on any atom is 0.0641 e. The van der Waals surface area contributed by atoms with Crippen LogP contribution in [0.1, 0.15) is 27.2 Å².